The Hall–Kier alpha value is -1.32. The van der Waals surface area contributed by atoms with Crippen LogP contribution in [0.25, 0.3) is 0 Å². The van der Waals surface area contributed by atoms with Crippen LogP contribution >= 0.6 is 11.8 Å². The number of hydrogen-bond acceptors (Lipinski definition) is 3. The maximum atomic E-state index is 6.10. The average molecular weight is 244 g/mol. The molecule has 0 saturated carbocycles. The molecule has 1 atom stereocenters. The zero-order valence-corrected chi connectivity index (χ0v) is 10.4. The van der Waals surface area contributed by atoms with Gasteiger partial charge in [-0.2, -0.15) is 0 Å². The molecule has 2 rings (SSSR count). The minimum absolute atomic E-state index is 0.171. The zero-order valence-electron chi connectivity index (χ0n) is 9.62. The molecule has 3 heteroatoms. The number of rotatable bonds is 5. The first-order valence-corrected chi connectivity index (χ1v) is 6.65. The molecule has 0 spiro atoms. The van der Waals surface area contributed by atoms with Crippen LogP contribution in [0.2, 0.25) is 0 Å². The van der Waals surface area contributed by atoms with Crippen molar-refractivity contribution in [2.45, 2.75) is 17.4 Å². The normalized spacial score (nSPS) is 12.3. The molecule has 88 valence electrons. The van der Waals surface area contributed by atoms with Gasteiger partial charge in [-0.05, 0) is 30.2 Å². The molecule has 0 radical (unpaired) electrons. The van der Waals surface area contributed by atoms with Crippen molar-refractivity contribution >= 4 is 11.8 Å². The quantitative estimate of drug-likeness (QED) is 0.822. The van der Waals surface area contributed by atoms with Crippen molar-refractivity contribution in [1.29, 1.82) is 0 Å². The first-order valence-electron chi connectivity index (χ1n) is 5.67. The predicted molar refractivity (Wildman–Crippen MR) is 73.1 cm³/mol. The van der Waals surface area contributed by atoms with Crippen LogP contribution in [-0.2, 0) is 6.42 Å². The van der Waals surface area contributed by atoms with Crippen molar-refractivity contribution in [3.63, 3.8) is 0 Å². The summed E-state index contributed by atoms with van der Waals surface area (Å²) in [6.07, 6.45) is 4.55. The van der Waals surface area contributed by atoms with Crippen LogP contribution in [0.5, 0.6) is 0 Å². The monoisotopic (exact) mass is 244 g/mol. The third-order valence-corrected chi connectivity index (χ3v) is 3.63. The lowest BCUT2D eigenvalue weighted by Crippen LogP contribution is -2.25. The second-order valence-electron chi connectivity index (χ2n) is 3.95. The zero-order chi connectivity index (χ0) is 11.9. The summed E-state index contributed by atoms with van der Waals surface area (Å²) in [5, 5.41) is 0. The summed E-state index contributed by atoms with van der Waals surface area (Å²) in [4.78, 5) is 5.37. The molecule has 2 nitrogen and oxygen atoms in total. The first kappa shape index (κ1) is 12.1. The second-order valence-corrected chi connectivity index (χ2v) is 5.04. The third kappa shape index (κ3) is 4.21. The minimum atomic E-state index is 0.171. The lowest BCUT2D eigenvalue weighted by Gasteiger charge is -2.10. The number of benzene rings is 1. The Morgan fingerprint density at radius 3 is 2.65 bits per heavy atom. The van der Waals surface area contributed by atoms with Gasteiger partial charge in [0.25, 0.3) is 0 Å². The molecular weight excluding hydrogens is 228 g/mol. The minimum Gasteiger partial charge on any atom is -0.327 e. The van der Waals surface area contributed by atoms with Crippen LogP contribution in [0, 0.1) is 0 Å². The van der Waals surface area contributed by atoms with Crippen molar-refractivity contribution in [3.8, 4) is 0 Å². The van der Waals surface area contributed by atoms with Crippen molar-refractivity contribution in [3.05, 3.63) is 60.4 Å². The van der Waals surface area contributed by atoms with Gasteiger partial charge in [-0.15, -0.1) is 11.8 Å². The summed E-state index contributed by atoms with van der Waals surface area (Å²) in [7, 11) is 0. The van der Waals surface area contributed by atoms with E-state index in [1.165, 1.54) is 10.5 Å². The van der Waals surface area contributed by atoms with E-state index in [1.807, 2.05) is 18.3 Å². The van der Waals surface area contributed by atoms with Crippen LogP contribution in [0.4, 0.5) is 0 Å². The van der Waals surface area contributed by atoms with Gasteiger partial charge in [0.05, 0.1) is 0 Å². The Morgan fingerprint density at radius 1 is 1.12 bits per heavy atom. The number of pyridine rings is 1. The Balaban J connectivity index is 1.80. The van der Waals surface area contributed by atoms with Crippen molar-refractivity contribution in [2.24, 2.45) is 5.73 Å². The van der Waals surface area contributed by atoms with E-state index in [1.54, 1.807) is 18.0 Å². The molecule has 17 heavy (non-hydrogen) atoms. The number of aromatic nitrogens is 1. The molecule has 0 aliphatic rings. The molecule has 2 N–H and O–H groups in total. The highest BCUT2D eigenvalue weighted by molar-refractivity contribution is 7.99. The molecule has 1 unspecified atom stereocenters. The first-order chi connectivity index (χ1) is 8.34. The summed E-state index contributed by atoms with van der Waals surface area (Å²) in [6.45, 7) is 0. The second kappa shape index (κ2) is 6.42. The Morgan fingerprint density at radius 2 is 1.94 bits per heavy atom. The van der Waals surface area contributed by atoms with E-state index < -0.39 is 0 Å². The average Bonchev–Trinajstić information content (AvgIpc) is 2.39. The summed E-state index contributed by atoms with van der Waals surface area (Å²) in [5.74, 6) is 0.929. The van der Waals surface area contributed by atoms with Gasteiger partial charge < -0.3 is 5.73 Å². The van der Waals surface area contributed by atoms with Crippen LogP contribution in [0.3, 0.4) is 0 Å². The fourth-order valence-corrected chi connectivity index (χ4v) is 2.47. The molecular formula is C14H16N2S. The highest BCUT2D eigenvalue weighted by Gasteiger charge is 2.04. The highest BCUT2D eigenvalue weighted by atomic mass is 32.2. The highest BCUT2D eigenvalue weighted by Crippen LogP contribution is 2.18. The lowest BCUT2D eigenvalue weighted by atomic mass is 10.1. The largest absolute Gasteiger partial charge is 0.327 e. The number of nitrogens with zero attached hydrogens (tertiary/aromatic N) is 1. The van der Waals surface area contributed by atoms with E-state index in [-0.39, 0.29) is 6.04 Å². The molecule has 0 bridgehead atoms. The maximum absolute atomic E-state index is 6.10. The van der Waals surface area contributed by atoms with Crippen LogP contribution in [0.1, 0.15) is 5.56 Å². The van der Waals surface area contributed by atoms with E-state index in [4.69, 9.17) is 5.73 Å². The van der Waals surface area contributed by atoms with Crippen molar-refractivity contribution < 1.29 is 0 Å². The van der Waals surface area contributed by atoms with E-state index in [0.717, 1.165) is 12.2 Å². The predicted octanol–water partition coefficient (Wildman–Crippen LogP) is 2.74. The number of hydrogen-bond donors (Lipinski definition) is 1. The SMILES string of the molecule is NC(CSc1ccccc1)Cc1cccnc1. The molecule has 1 heterocycles. The van der Waals surface area contributed by atoms with Crippen LogP contribution in [0.15, 0.2) is 59.8 Å². The molecule has 0 aliphatic heterocycles. The van der Waals surface area contributed by atoms with E-state index in [2.05, 4.69) is 35.3 Å². The smallest absolute Gasteiger partial charge is 0.0300 e. The third-order valence-electron chi connectivity index (χ3n) is 2.43. The number of thioether (sulfide) groups is 1. The van der Waals surface area contributed by atoms with Gasteiger partial charge in [-0.3, -0.25) is 4.98 Å². The fourth-order valence-electron chi connectivity index (χ4n) is 1.60. The van der Waals surface area contributed by atoms with Gasteiger partial charge in [0, 0.05) is 29.1 Å². The molecule has 0 fully saturated rings. The van der Waals surface area contributed by atoms with Crippen molar-refractivity contribution in [2.75, 3.05) is 5.75 Å². The molecule has 0 saturated heterocycles. The summed E-state index contributed by atoms with van der Waals surface area (Å²) in [6, 6.07) is 14.5. The van der Waals surface area contributed by atoms with Gasteiger partial charge in [0.15, 0.2) is 0 Å². The van der Waals surface area contributed by atoms with Gasteiger partial charge in [-0.1, -0.05) is 24.3 Å². The molecule has 1 aromatic carbocycles. The van der Waals surface area contributed by atoms with Gasteiger partial charge in [-0.25, -0.2) is 0 Å². The molecule has 2 aromatic rings. The Kier molecular flexibility index (Phi) is 4.59. The van der Waals surface area contributed by atoms with Gasteiger partial charge in [0.1, 0.15) is 0 Å². The van der Waals surface area contributed by atoms with E-state index >= 15 is 0 Å². The topological polar surface area (TPSA) is 38.9 Å². The Labute approximate surface area is 106 Å². The summed E-state index contributed by atoms with van der Waals surface area (Å²) in [5.41, 5.74) is 7.31. The standard InChI is InChI=1S/C14H16N2S/c15-13(9-12-5-4-8-16-10-12)11-17-14-6-2-1-3-7-14/h1-8,10,13H,9,11,15H2. The lowest BCUT2D eigenvalue weighted by molar-refractivity contribution is 0.746. The Bertz CT molecular complexity index is 430. The molecule has 0 amide bonds. The molecule has 1 aromatic heterocycles. The van der Waals surface area contributed by atoms with Gasteiger partial charge in [0.2, 0.25) is 0 Å². The molecule has 0 aliphatic carbocycles. The van der Waals surface area contributed by atoms with E-state index in [0.29, 0.717) is 0 Å². The summed E-state index contributed by atoms with van der Waals surface area (Å²) < 4.78 is 0. The van der Waals surface area contributed by atoms with Crippen molar-refractivity contribution in [1.82, 2.24) is 4.98 Å². The van der Waals surface area contributed by atoms with E-state index in [9.17, 15) is 0 Å². The number of nitrogens with two attached hydrogens (primary N) is 1. The fraction of sp³-hybridized carbons (Fsp3) is 0.214. The summed E-state index contributed by atoms with van der Waals surface area (Å²) >= 11 is 1.80. The maximum Gasteiger partial charge on any atom is 0.0300 e. The van der Waals surface area contributed by atoms with Crippen LogP contribution < -0.4 is 5.73 Å². The van der Waals surface area contributed by atoms with Crippen LogP contribution in [-0.4, -0.2) is 16.8 Å². The van der Waals surface area contributed by atoms with Gasteiger partial charge >= 0.3 is 0 Å².